The summed E-state index contributed by atoms with van der Waals surface area (Å²) in [6, 6.07) is -0.756. The van der Waals surface area contributed by atoms with Crippen molar-refractivity contribution in [2.24, 2.45) is 0 Å². The number of allylic oxidation sites excluding steroid dienone is 2. The number of hydrogen-bond acceptors (Lipinski definition) is 5. The Bertz CT molecular complexity index is 958. The Morgan fingerprint density at radius 2 is 0.931 bits per heavy atom. The van der Waals surface area contributed by atoms with Crippen molar-refractivity contribution in [2.75, 3.05) is 40.9 Å². The van der Waals surface area contributed by atoms with Crippen LogP contribution in [0.2, 0.25) is 0 Å². The van der Waals surface area contributed by atoms with Gasteiger partial charge in [0.05, 0.1) is 39.9 Å². The molecular formula is C49H100N2O6P+. The first-order valence-corrected chi connectivity index (χ1v) is 26.5. The zero-order chi connectivity index (χ0) is 42.8. The second-order valence-corrected chi connectivity index (χ2v) is 20.0. The molecule has 3 N–H and O–H groups in total. The lowest BCUT2D eigenvalue weighted by Crippen LogP contribution is -2.46. The van der Waals surface area contributed by atoms with Crippen LogP contribution in [-0.4, -0.2) is 73.4 Å². The van der Waals surface area contributed by atoms with Crippen LogP contribution in [0.5, 0.6) is 0 Å². The fourth-order valence-electron chi connectivity index (χ4n) is 7.51. The Hall–Kier alpha value is -0.760. The van der Waals surface area contributed by atoms with Gasteiger partial charge >= 0.3 is 7.82 Å². The Kier molecular flexibility index (Phi) is 41.0. The van der Waals surface area contributed by atoms with Crippen LogP contribution in [0.4, 0.5) is 0 Å². The van der Waals surface area contributed by atoms with Gasteiger partial charge in [-0.3, -0.25) is 13.8 Å². The molecule has 0 fully saturated rings. The van der Waals surface area contributed by atoms with Gasteiger partial charge in [0.15, 0.2) is 0 Å². The van der Waals surface area contributed by atoms with Crippen LogP contribution < -0.4 is 5.32 Å². The summed E-state index contributed by atoms with van der Waals surface area (Å²) in [7, 11) is 1.62. The van der Waals surface area contributed by atoms with E-state index in [0.29, 0.717) is 23.9 Å². The van der Waals surface area contributed by atoms with Crippen LogP contribution in [0, 0.1) is 0 Å². The number of nitrogens with one attached hydrogen (secondary N) is 1. The van der Waals surface area contributed by atoms with Gasteiger partial charge in [-0.05, 0) is 38.5 Å². The molecule has 58 heavy (non-hydrogen) atoms. The molecule has 0 aromatic rings. The quantitative estimate of drug-likeness (QED) is 0.0244. The monoisotopic (exact) mass is 844 g/mol. The smallest absolute Gasteiger partial charge is 0.391 e. The second-order valence-electron chi connectivity index (χ2n) is 18.5. The van der Waals surface area contributed by atoms with Gasteiger partial charge in [-0.25, -0.2) is 4.57 Å². The van der Waals surface area contributed by atoms with Gasteiger partial charge < -0.3 is 19.8 Å². The van der Waals surface area contributed by atoms with Crippen molar-refractivity contribution in [2.45, 2.75) is 257 Å². The van der Waals surface area contributed by atoms with Gasteiger partial charge in [0.2, 0.25) is 5.91 Å². The SMILES string of the molecule is CCCCCCCC/C=C\CCCCCCCCCCCCCC(=O)N[C@@H](COP(=O)(O)OCC[N+](C)(C)C)C(O)CCCCCCCCCCCCCCCCC. The van der Waals surface area contributed by atoms with E-state index in [2.05, 4.69) is 31.3 Å². The highest BCUT2D eigenvalue weighted by molar-refractivity contribution is 7.47. The predicted octanol–water partition coefficient (Wildman–Crippen LogP) is 14.3. The van der Waals surface area contributed by atoms with Crippen molar-refractivity contribution in [1.29, 1.82) is 0 Å². The normalized spacial score (nSPS) is 14.3. The number of aliphatic hydroxyl groups is 1. The Morgan fingerprint density at radius 3 is 1.33 bits per heavy atom. The molecule has 0 rings (SSSR count). The van der Waals surface area contributed by atoms with E-state index in [9.17, 15) is 19.4 Å². The van der Waals surface area contributed by atoms with Gasteiger partial charge in [-0.2, -0.15) is 0 Å². The van der Waals surface area contributed by atoms with Crippen molar-refractivity contribution >= 4 is 13.7 Å². The maximum atomic E-state index is 12.9. The molecule has 0 aliphatic rings. The molecule has 0 aliphatic heterocycles. The largest absolute Gasteiger partial charge is 0.472 e. The molecule has 2 unspecified atom stereocenters. The molecule has 0 aliphatic carbocycles. The highest BCUT2D eigenvalue weighted by Crippen LogP contribution is 2.43. The topological polar surface area (TPSA) is 105 Å². The number of phosphoric ester groups is 1. The molecule has 8 nitrogen and oxygen atoms in total. The lowest BCUT2D eigenvalue weighted by Gasteiger charge is -2.26. The number of quaternary nitrogens is 1. The molecular weight excluding hydrogens is 744 g/mol. The lowest BCUT2D eigenvalue weighted by molar-refractivity contribution is -0.870. The summed E-state index contributed by atoms with van der Waals surface area (Å²) in [5, 5.41) is 14.0. The van der Waals surface area contributed by atoms with E-state index < -0.39 is 20.0 Å². The fourth-order valence-corrected chi connectivity index (χ4v) is 8.25. The van der Waals surface area contributed by atoms with E-state index in [-0.39, 0.29) is 19.1 Å². The van der Waals surface area contributed by atoms with Crippen LogP contribution in [0.15, 0.2) is 12.2 Å². The highest BCUT2D eigenvalue weighted by Gasteiger charge is 2.28. The van der Waals surface area contributed by atoms with Crippen LogP contribution >= 0.6 is 7.82 Å². The van der Waals surface area contributed by atoms with Gasteiger partial charge in [-0.1, -0.05) is 212 Å². The van der Waals surface area contributed by atoms with Gasteiger partial charge in [0.25, 0.3) is 0 Å². The van der Waals surface area contributed by atoms with Crippen molar-refractivity contribution in [3.8, 4) is 0 Å². The maximum absolute atomic E-state index is 12.9. The number of nitrogens with zero attached hydrogens (tertiary/aromatic N) is 1. The molecule has 0 saturated carbocycles. The molecule has 346 valence electrons. The van der Waals surface area contributed by atoms with E-state index in [1.54, 1.807) is 0 Å². The van der Waals surface area contributed by atoms with Crippen molar-refractivity contribution < 1.29 is 32.9 Å². The summed E-state index contributed by atoms with van der Waals surface area (Å²) in [5.41, 5.74) is 0. The van der Waals surface area contributed by atoms with Crippen LogP contribution in [0.25, 0.3) is 0 Å². The molecule has 0 saturated heterocycles. The van der Waals surface area contributed by atoms with Crippen LogP contribution in [0.3, 0.4) is 0 Å². The zero-order valence-corrected chi connectivity index (χ0v) is 40.2. The number of unbranched alkanes of at least 4 members (excludes halogenated alkanes) is 31. The third-order valence-corrected chi connectivity index (χ3v) is 12.5. The molecule has 0 aromatic heterocycles. The number of phosphoric acid groups is 1. The molecule has 3 atom stereocenters. The highest BCUT2D eigenvalue weighted by atomic mass is 31.2. The first-order valence-electron chi connectivity index (χ1n) is 25.1. The number of carbonyl (C=O) groups excluding carboxylic acids is 1. The molecule has 0 spiro atoms. The third kappa shape index (κ3) is 43.3. The molecule has 0 aromatic carbocycles. The van der Waals surface area contributed by atoms with Gasteiger partial charge in [-0.15, -0.1) is 0 Å². The Labute approximate surface area is 361 Å². The number of aliphatic hydroxyl groups excluding tert-OH is 1. The number of hydrogen-bond donors (Lipinski definition) is 3. The molecule has 0 heterocycles. The Balaban J connectivity index is 4.23. The first-order chi connectivity index (χ1) is 28.0. The number of rotatable bonds is 46. The molecule has 1 amide bonds. The van der Waals surface area contributed by atoms with Crippen LogP contribution in [0.1, 0.15) is 245 Å². The standard InChI is InChI=1S/C49H99N2O6P/c1-6-8-10-12-14-16-18-20-22-23-24-25-26-27-29-31-33-35-37-39-41-43-49(53)50-47(46-57-58(54,55)56-45-44-51(3,4)5)48(52)42-40-38-36-34-32-30-28-21-19-17-15-13-11-9-7-2/h20,22,47-48,52H,6-19,21,23-46H2,1-5H3,(H-,50,53,54,55)/p+1/b22-20-/t47-,48?/m0/s1. The minimum Gasteiger partial charge on any atom is -0.391 e. The average Bonchev–Trinajstić information content (AvgIpc) is 3.17. The van der Waals surface area contributed by atoms with E-state index in [1.165, 1.54) is 180 Å². The molecule has 9 heteroatoms. The van der Waals surface area contributed by atoms with Crippen molar-refractivity contribution in [3.63, 3.8) is 0 Å². The number of amides is 1. The van der Waals surface area contributed by atoms with Gasteiger partial charge in [0.1, 0.15) is 13.2 Å². The van der Waals surface area contributed by atoms with E-state index in [1.807, 2.05) is 21.1 Å². The molecule has 0 bridgehead atoms. The third-order valence-electron chi connectivity index (χ3n) is 11.5. The predicted molar refractivity (Wildman–Crippen MR) is 249 cm³/mol. The summed E-state index contributed by atoms with van der Waals surface area (Å²) in [6.07, 6.45) is 48.1. The lowest BCUT2D eigenvalue weighted by atomic mass is 10.0. The minimum atomic E-state index is -4.31. The summed E-state index contributed by atoms with van der Waals surface area (Å²) in [4.78, 5) is 23.2. The van der Waals surface area contributed by atoms with Crippen molar-refractivity contribution in [3.05, 3.63) is 12.2 Å². The summed E-state index contributed by atoms with van der Waals surface area (Å²) >= 11 is 0. The zero-order valence-electron chi connectivity index (χ0n) is 39.3. The van der Waals surface area contributed by atoms with E-state index >= 15 is 0 Å². The van der Waals surface area contributed by atoms with Crippen molar-refractivity contribution in [1.82, 2.24) is 5.32 Å². The van der Waals surface area contributed by atoms with Gasteiger partial charge in [0, 0.05) is 6.42 Å². The van der Waals surface area contributed by atoms with E-state index in [4.69, 9.17) is 9.05 Å². The summed E-state index contributed by atoms with van der Waals surface area (Å²) < 4.78 is 23.7. The maximum Gasteiger partial charge on any atom is 0.472 e. The minimum absolute atomic E-state index is 0.0768. The summed E-state index contributed by atoms with van der Waals surface area (Å²) in [5.74, 6) is -0.142. The molecule has 0 radical (unpaired) electrons. The van der Waals surface area contributed by atoms with E-state index in [0.717, 1.165) is 38.5 Å². The second kappa shape index (κ2) is 41.6. The first kappa shape index (κ1) is 57.2. The Morgan fingerprint density at radius 1 is 0.569 bits per heavy atom. The number of likely N-dealkylation sites (N-methyl/N-ethyl adjacent to an activating group) is 1. The fraction of sp³-hybridized carbons (Fsp3) is 0.939. The number of carbonyl (C=O) groups is 1. The van der Waals surface area contributed by atoms with Crippen LogP contribution in [-0.2, 0) is 18.4 Å². The average molecular weight is 844 g/mol. The summed E-state index contributed by atoms with van der Waals surface area (Å²) in [6.45, 7) is 4.91.